The predicted molar refractivity (Wildman–Crippen MR) is 81.7 cm³/mol. The van der Waals surface area contributed by atoms with Crippen molar-refractivity contribution in [1.82, 2.24) is 4.31 Å². The quantitative estimate of drug-likeness (QED) is 0.903. The molecule has 6 heteroatoms. The molecule has 3 rings (SSSR count). The molecule has 0 amide bonds. The van der Waals surface area contributed by atoms with Gasteiger partial charge in [0, 0.05) is 19.1 Å². The van der Waals surface area contributed by atoms with Crippen molar-refractivity contribution >= 4 is 22.4 Å². The lowest BCUT2D eigenvalue weighted by Gasteiger charge is -2.19. The first kappa shape index (κ1) is 15.8. The lowest BCUT2D eigenvalue weighted by Crippen LogP contribution is -2.32. The van der Waals surface area contributed by atoms with E-state index in [0.29, 0.717) is 18.0 Å². The minimum absolute atomic E-state index is 0. The van der Waals surface area contributed by atoms with E-state index >= 15 is 0 Å². The normalized spacial score (nSPS) is 23.1. The van der Waals surface area contributed by atoms with Crippen LogP contribution in [0, 0.1) is 0 Å². The molecule has 1 atom stereocenters. The molecule has 112 valence electrons. The van der Waals surface area contributed by atoms with Gasteiger partial charge in [-0.2, -0.15) is 4.31 Å². The monoisotopic (exact) mass is 316 g/mol. The molecule has 0 bridgehead atoms. The highest BCUT2D eigenvalue weighted by atomic mass is 35.5. The Hall–Kier alpha value is -0.620. The maximum Gasteiger partial charge on any atom is 0.243 e. The summed E-state index contributed by atoms with van der Waals surface area (Å²) in [5.41, 5.74) is 8.32. The average molecular weight is 317 g/mol. The van der Waals surface area contributed by atoms with E-state index in [9.17, 15) is 8.42 Å². The number of halogens is 1. The molecule has 20 heavy (non-hydrogen) atoms. The molecule has 1 aliphatic carbocycles. The fourth-order valence-corrected chi connectivity index (χ4v) is 4.55. The first-order valence-electron chi connectivity index (χ1n) is 6.95. The highest BCUT2D eigenvalue weighted by Crippen LogP contribution is 2.26. The van der Waals surface area contributed by atoms with Gasteiger partial charge in [0.05, 0.1) is 4.90 Å². The summed E-state index contributed by atoms with van der Waals surface area (Å²) in [6.45, 7) is 0.986. The number of benzene rings is 1. The number of aryl methyl sites for hydroxylation is 2. The van der Waals surface area contributed by atoms with E-state index in [1.165, 1.54) is 21.9 Å². The van der Waals surface area contributed by atoms with Crippen LogP contribution in [0.3, 0.4) is 0 Å². The van der Waals surface area contributed by atoms with Crippen molar-refractivity contribution in [2.45, 2.75) is 43.0 Å². The highest BCUT2D eigenvalue weighted by Gasteiger charge is 2.31. The van der Waals surface area contributed by atoms with Gasteiger partial charge >= 0.3 is 0 Å². The SMILES string of the molecule is Cl.NC1CCN(S(=O)(=O)c2ccc3c(c2)CCCC3)C1. The molecule has 1 aromatic carbocycles. The second-order valence-electron chi connectivity index (χ2n) is 5.55. The molecule has 1 aromatic rings. The van der Waals surface area contributed by atoms with Crippen molar-refractivity contribution in [3.8, 4) is 0 Å². The Morgan fingerprint density at radius 3 is 2.50 bits per heavy atom. The first-order valence-corrected chi connectivity index (χ1v) is 8.39. The standard InChI is InChI=1S/C14H20N2O2S.ClH/c15-13-7-8-16(10-13)19(17,18)14-6-5-11-3-1-2-4-12(11)9-14;/h5-6,9,13H,1-4,7-8,10,15H2;1H. The zero-order valence-electron chi connectivity index (χ0n) is 11.4. The maximum atomic E-state index is 12.5. The van der Waals surface area contributed by atoms with Gasteiger partial charge in [0.25, 0.3) is 0 Å². The van der Waals surface area contributed by atoms with Gasteiger partial charge in [0.1, 0.15) is 0 Å². The van der Waals surface area contributed by atoms with Crippen molar-refractivity contribution in [2.24, 2.45) is 5.73 Å². The van der Waals surface area contributed by atoms with Crippen molar-refractivity contribution in [3.05, 3.63) is 29.3 Å². The number of hydrogen-bond acceptors (Lipinski definition) is 3. The predicted octanol–water partition coefficient (Wildman–Crippen LogP) is 1.71. The van der Waals surface area contributed by atoms with Gasteiger partial charge < -0.3 is 5.73 Å². The van der Waals surface area contributed by atoms with Gasteiger partial charge in [-0.3, -0.25) is 0 Å². The Morgan fingerprint density at radius 2 is 1.85 bits per heavy atom. The van der Waals surface area contributed by atoms with Crippen molar-refractivity contribution < 1.29 is 8.42 Å². The van der Waals surface area contributed by atoms with Crippen LogP contribution < -0.4 is 5.73 Å². The zero-order chi connectivity index (χ0) is 13.5. The van der Waals surface area contributed by atoms with Crippen LogP contribution in [-0.2, 0) is 22.9 Å². The van der Waals surface area contributed by atoms with Crippen LogP contribution >= 0.6 is 12.4 Å². The van der Waals surface area contributed by atoms with Gasteiger partial charge in [-0.25, -0.2) is 8.42 Å². The largest absolute Gasteiger partial charge is 0.326 e. The van der Waals surface area contributed by atoms with Gasteiger partial charge in [-0.05, 0) is 55.4 Å². The fourth-order valence-electron chi connectivity index (χ4n) is 2.99. The van der Waals surface area contributed by atoms with Crippen LogP contribution in [-0.4, -0.2) is 31.9 Å². The number of rotatable bonds is 2. The Morgan fingerprint density at radius 1 is 1.15 bits per heavy atom. The zero-order valence-corrected chi connectivity index (χ0v) is 13.0. The summed E-state index contributed by atoms with van der Waals surface area (Å²) < 4.78 is 26.6. The molecule has 0 saturated carbocycles. The summed E-state index contributed by atoms with van der Waals surface area (Å²) >= 11 is 0. The van der Waals surface area contributed by atoms with Crippen LogP contribution in [0.4, 0.5) is 0 Å². The third-order valence-corrected chi connectivity index (χ3v) is 6.01. The number of nitrogens with zero attached hydrogens (tertiary/aromatic N) is 1. The molecular formula is C14H21ClN2O2S. The van der Waals surface area contributed by atoms with Crippen LogP contribution in [0.5, 0.6) is 0 Å². The number of sulfonamides is 1. The second-order valence-corrected chi connectivity index (χ2v) is 7.49. The lowest BCUT2D eigenvalue weighted by molar-refractivity contribution is 0.472. The highest BCUT2D eigenvalue weighted by molar-refractivity contribution is 7.89. The van der Waals surface area contributed by atoms with E-state index in [1.54, 1.807) is 6.07 Å². The van der Waals surface area contributed by atoms with E-state index in [0.717, 1.165) is 25.7 Å². The van der Waals surface area contributed by atoms with E-state index in [4.69, 9.17) is 5.73 Å². The summed E-state index contributed by atoms with van der Waals surface area (Å²) in [6.07, 6.45) is 5.19. The second kappa shape index (κ2) is 6.02. The van der Waals surface area contributed by atoms with Gasteiger partial charge in [-0.15, -0.1) is 12.4 Å². The molecule has 2 aliphatic rings. The molecule has 1 saturated heterocycles. The molecular weight excluding hydrogens is 296 g/mol. The van der Waals surface area contributed by atoms with Crippen LogP contribution in [0.1, 0.15) is 30.4 Å². The maximum absolute atomic E-state index is 12.5. The summed E-state index contributed by atoms with van der Waals surface area (Å²) in [6, 6.07) is 5.58. The summed E-state index contributed by atoms with van der Waals surface area (Å²) in [7, 11) is -3.35. The number of nitrogens with two attached hydrogens (primary N) is 1. The van der Waals surface area contributed by atoms with Crippen LogP contribution in [0.2, 0.25) is 0 Å². The smallest absolute Gasteiger partial charge is 0.243 e. The Labute approximate surface area is 126 Å². The Bertz CT molecular complexity index is 589. The van der Waals surface area contributed by atoms with Crippen molar-refractivity contribution in [1.29, 1.82) is 0 Å². The number of hydrogen-bond donors (Lipinski definition) is 1. The molecule has 0 aromatic heterocycles. The molecule has 0 spiro atoms. The minimum Gasteiger partial charge on any atom is -0.326 e. The molecule has 2 N–H and O–H groups in total. The number of fused-ring (bicyclic) bond motifs is 1. The minimum atomic E-state index is -3.35. The summed E-state index contributed by atoms with van der Waals surface area (Å²) in [5, 5.41) is 0. The van der Waals surface area contributed by atoms with Crippen LogP contribution in [0.15, 0.2) is 23.1 Å². The van der Waals surface area contributed by atoms with E-state index < -0.39 is 10.0 Å². The van der Waals surface area contributed by atoms with E-state index in [1.807, 2.05) is 12.1 Å². The third-order valence-electron chi connectivity index (χ3n) is 4.15. The van der Waals surface area contributed by atoms with Gasteiger partial charge in [0.15, 0.2) is 0 Å². The topological polar surface area (TPSA) is 63.4 Å². The van der Waals surface area contributed by atoms with E-state index in [-0.39, 0.29) is 18.4 Å². The van der Waals surface area contributed by atoms with Crippen LogP contribution in [0.25, 0.3) is 0 Å². The summed E-state index contributed by atoms with van der Waals surface area (Å²) in [5.74, 6) is 0. The third kappa shape index (κ3) is 2.86. The lowest BCUT2D eigenvalue weighted by atomic mass is 9.92. The molecule has 4 nitrogen and oxygen atoms in total. The fraction of sp³-hybridized carbons (Fsp3) is 0.571. The molecule has 1 unspecified atom stereocenters. The summed E-state index contributed by atoms with van der Waals surface area (Å²) in [4.78, 5) is 0.433. The Kier molecular flexibility index (Phi) is 4.74. The van der Waals surface area contributed by atoms with E-state index in [2.05, 4.69) is 0 Å². The van der Waals surface area contributed by atoms with Crippen molar-refractivity contribution in [2.75, 3.05) is 13.1 Å². The van der Waals surface area contributed by atoms with Gasteiger partial charge in [-0.1, -0.05) is 6.07 Å². The van der Waals surface area contributed by atoms with Crippen molar-refractivity contribution in [3.63, 3.8) is 0 Å². The Balaban J connectivity index is 0.00000147. The molecule has 1 heterocycles. The molecule has 0 radical (unpaired) electrons. The molecule has 1 fully saturated rings. The average Bonchev–Trinajstić information content (AvgIpc) is 2.85. The van der Waals surface area contributed by atoms with Gasteiger partial charge in [0.2, 0.25) is 10.0 Å². The first-order chi connectivity index (χ1) is 9.07. The molecule has 1 aliphatic heterocycles.